The summed E-state index contributed by atoms with van der Waals surface area (Å²) >= 11 is 8.14. The number of hydrogen-bond donors (Lipinski definition) is 1. The van der Waals surface area contributed by atoms with Crippen molar-refractivity contribution in [3.05, 3.63) is 39.9 Å². The van der Waals surface area contributed by atoms with Crippen molar-refractivity contribution in [1.82, 2.24) is 10.3 Å². The first kappa shape index (κ1) is 15.0. The van der Waals surface area contributed by atoms with Gasteiger partial charge in [-0.15, -0.1) is 11.3 Å². The summed E-state index contributed by atoms with van der Waals surface area (Å²) in [4.78, 5) is 6.39. The maximum atomic E-state index is 6.32. The second kappa shape index (κ2) is 6.91. The van der Waals surface area contributed by atoms with Crippen LogP contribution < -0.4 is 5.32 Å². The van der Waals surface area contributed by atoms with Crippen molar-refractivity contribution in [2.45, 2.75) is 38.5 Å². The lowest BCUT2D eigenvalue weighted by Crippen LogP contribution is -2.24. The molecule has 1 unspecified atom stereocenters. The molecule has 21 heavy (non-hydrogen) atoms. The molecule has 0 saturated heterocycles. The molecule has 0 radical (unpaired) electrons. The van der Waals surface area contributed by atoms with Crippen molar-refractivity contribution in [2.75, 3.05) is 13.1 Å². The number of aryl methyl sites for hydroxylation is 1. The Labute approximate surface area is 135 Å². The molecule has 0 spiro atoms. The van der Waals surface area contributed by atoms with Gasteiger partial charge in [0.05, 0.1) is 10.7 Å². The van der Waals surface area contributed by atoms with Crippen LogP contribution in [-0.2, 0) is 6.42 Å². The number of thiazole rings is 1. The fourth-order valence-electron chi connectivity index (χ4n) is 2.91. The van der Waals surface area contributed by atoms with Gasteiger partial charge in [0.25, 0.3) is 0 Å². The lowest BCUT2D eigenvalue weighted by Gasteiger charge is -2.21. The molecule has 0 aliphatic heterocycles. The number of halogens is 1. The zero-order valence-corrected chi connectivity index (χ0v) is 13.9. The summed E-state index contributed by atoms with van der Waals surface area (Å²) in [5.41, 5.74) is 2.38. The SMILES string of the molecule is CCCNCC1CCCc2sc(-c3ccccc3Cl)nc21. The zero-order chi connectivity index (χ0) is 14.7. The molecule has 0 saturated carbocycles. The van der Waals surface area contributed by atoms with E-state index < -0.39 is 0 Å². The predicted molar refractivity (Wildman–Crippen MR) is 91.4 cm³/mol. The normalized spacial score (nSPS) is 17.7. The minimum Gasteiger partial charge on any atom is -0.316 e. The number of nitrogens with zero attached hydrogens (tertiary/aromatic N) is 1. The maximum absolute atomic E-state index is 6.32. The van der Waals surface area contributed by atoms with Crippen molar-refractivity contribution in [2.24, 2.45) is 0 Å². The summed E-state index contributed by atoms with van der Waals surface area (Å²) in [6.45, 7) is 4.34. The molecule has 1 N–H and O–H groups in total. The smallest absolute Gasteiger partial charge is 0.125 e. The minimum absolute atomic E-state index is 0.563. The number of hydrogen-bond acceptors (Lipinski definition) is 3. The fraction of sp³-hybridized carbons (Fsp3) is 0.471. The first-order valence-corrected chi connectivity index (χ1v) is 8.94. The van der Waals surface area contributed by atoms with Crippen molar-refractivity contribution in [3.8, 4) is 10.6 Å². The van der Waals surface area contributed by atoms with Gasteiger partial charge in [-0.2, -0.15) is 0 Å². The van der Waals surface area contributed by atoms with Crippen LogP contribution in [0.2, 0.25) is 5.02 Å². The predicted octanol–water partition coefficient (Wildman–Crippen LogP) is 4.88. The molecule has 1 aromatic heterocycles. The maximum Gasteiger partial charge on any atom is 0.125 e. The second-order valence-electron chi connectivity index (χ2n) is 5.60. The summed E-state index contributed by atoms with van der Waals surface area (Å²) in [6, 6.07) is 8.01. The lowest BCUT2D eigenvalue weighted by atomic mass is 9.91. The monoisotopic (exact) mass is 320 g/mol. The van der Waals surface area contributed by atoms with E-state index in [1.165, 1.54) is 36.3 Å². The van der Waals surface area contributed by atoms with E-state index in [4.69, 9.17) is 16.6 Å². The Morgan fingerprint density at radius 1 is 1.38 bits per heavy atom. The Balaban J connectivity index is 1.86. The molecular weight excluding hydrogens is 300 g/mol. The van der Waals surface area contributed by atoms with E-state index in [-0.39, 0.29) is 0 Å². The van der Waals surface area contributed by atoms with Gasteiger partial charge in [-0.3, -0.25) is 0 Å². The van der Waals surface area contributed by atoms with Crippen LogP contribution in [0.3, 0.4) is 0 Å². The quantitative estimate of drug-likeness (QED) is 0.794. The van der Waals surface area contributed by atoms with Crippen molar-refractivity contribution in [3.63, 3.8) is 0 Å². The topological polar surface area (TPSA) is 24.9 Å². The molecular formula is C17H21ClN2S. The Bertz CT molecular complexity index is 609. The summed E-state index contributed by atoms with van der Waals surface area (Å²) in [5.74, 6) is 0.563. The molecule has 2 aromatic rings. The van der Waals surface area contributed by atoms with Crippen LogP contribution in [-0.4, -0.2) is 18.1 Å². The molecule has 1 atom stereocenters. The van der Waals surface area contributed by atoms with E-state index in [9.17, 15) is 0 Å². The molecule has 4 heteroatoms. The van der Waals surface area contributed by atoms with Crippen molar-refractivity contribution in [1.29, 1.82) is 0 Å². The van der Waals surface area contributed by atoms with Crippen molar-refractivity contribution < 1.29 is 0 Å². The van der Waals surface area contributed by atoms with Gasteiger partial charge in [-0.25, -0.2) is 4.98 Å². The summed E-state index contributed by atoms with van der Waals surface area (Å²) in [7, 11) is 0. The zero-order valence-electron chi connectivity index (χ0n) is 12.4. The first-order chi connectivity index (χ1) is 10.3. The van der Waals surface area contributed by atoms with Crippen LogP contribution in [0.1, 0.15) is 42.7 Å². The van der Waals surface area contributed by atoms with E-state index in [0.29, 0.717) is 5.92 Å². The number of rotatable bonds is 5. The van der Waals surface area contributed by atoms with E-state index in [2.05, 4.69) is 18.3 Å². The molecule has 1 aliphatic rings. The molecule has 3 rings (SSSR count). The number of nitrogens with one attached hydrogen (secondary N) is 1. The highest BCUT2D eigenvalue weighted by Crippen LogP contribution is 2.39. The average molecular weight is 321 g/mol. The van der Waals surface area contributed by atoms with Crippen molar-refractivity contribution >= 4 is 22.9 Å². The third kappa shape index (κ3) is 3.31. The fourth-order valence-corrected chi connectivity index (χ4v) is 4.42. The van der Waals surface area contributed by atoms with Gasteiger partial charge in [-0.1, -0.05) is 36.7 Å². The molecule has 1 aromatic carbocycles. The highest BCUT2D eigenvalue weighted by atomic mass is 35.5. The molecule has 1 heterocycles. The van der Waals surface area contributed by atoms with Gasteiger partial charge in [0, 0.05) is 22.9 Å². The van der Waals surface area contributed by atoms with Crippen LogP contribution in [0.5, 0.6) is 0 Å². The Hall–Kier alpha value is -0.900. The van der Waals surface area contributed by atoms with Gasteiger partial charge in [0.2, 0.25) is 0 Å². The van der Waals surface area contributed by atoms with E-state index in [1.807, 2.05) is 29.5 Å². The lowest BCUT2D eigenvalue weighted by molar-refractivity contribution is 0.502. The summed E-state index contributed by atoms with van der Waals surface area (Å²) in [6.07, 6.45) is 4.87. The minimum atomic E-state index is 0.563. The number of benzene rings is 1. The van der Waals surface area contributed by atoms with E-state index in [1.54, 1.807) is 0 Å². The molecule has 0 amide bonds. The highest BCUT2D eigenvalue weighted by molar-refractivity contribution is 7.15. The molecule has 0 fully saturated rings. The average Bonchev–Trinajstić information content (AvgIpc) is 2.92. The largest absolute Gasteiger partial charge is 0.316 e. The second-order valence-corrected chi connectivity index (χ2v) is 7.09. The molecule has 112 valence electrons. The summed E-state index contributed by atoms with van der Waals surface area (Å²) in [5, 5.41) is 5.42. The number of aromatic nitrogens is 1. The van der Waals surface area contributed by atoms with Gasteiger partial charge in [-0.05, 0) is 38.3 Å². The van der Waals surface area contributed by atoms with Crippen LogP contribution in [0.4, 0.5) is 0 Å². The Morgan fingerprint density at radius 2 is 2.24 bits per heavy atom. The van der Waals surface area contributed by atoms with Crippen LogP contribution in [0.15, 0.2) is 24.3 Å². The van der Waals surface area contributed by atoms with E-state index >= 15 is 0 Å². The Kier molecular flexibility index (Phi) is 4.94. The molecule has 0 bridgehead atoms. The molecule has 2 nitrogen and oxygen atoms in total. The third-order valence-corrected chi connectivity index (χ3v) is 5.49. The van der Waals surface area contributed by atoms with Crippen LogP contribution >= 0.6 is 22.9 Å². The van der Waals surface area contributed by atoms with Gasteiger partial charge in [0.15, 0.2) is 0 Å². The van der Waals surface area contributed by atoms with E-state index in [0.717, 1.165) is 28.7 Å². The van der Waals surface area contributed by atoms with Crippen LogP contribution in [0, 0.1) is 0 Å². The number of fused-ring (bicyclic) bond motifs is 1. The molecule has 1 aliphatic carbocycles. The van der Waals surface area contributed by atoms with Crippen LogP contribution in [0.25, 0.3) is 10.6 Å². The standard InChI is InChI=1S/C17H21ClN2S/c1-2-10-19-11-12-6-5-9-15-16(12)20-17(21-15)13-7-3-4-8-14(13)18/h3-4,7-8,12,19H,2,5-6,9-11H2,1H3. The van der Waals surface area contributed by atoms with Gasteiger partial charge in [0.1, 0.15) is 5.01 Å². The third-order valence-electron chi connectivity index (χ3n) is 3.99. The van der Waals surface area contributed by atoms with Gasteiger partial charge < -0.3 is 5.32 Å². The Morgan fingerprint density at radius 3 is 3.05 bits per heavy atom. The van der Waals surface area contributed by atoms with Gasteiger partial charge >= 0.3 is 0 Å². The highest BCUT2D eigenvalue weighted by Gasteiger charge is 2.25. The summed E-state index contributed by atoms with van der Waals surface area (Å²) < 4.78 is 0. The first-order valence-electron chi connectivity index (χ1n) is 7.74.